The molecular weight excluding hydrogens is 538 g/mol. The lowest BCUT2D eigenvalue weighted by Gasteiger charge is -2.21. The van der Waals surface area contributed by atoms with E-state index in [4.69, 9.17) is 29.7 Å². The van der Waals surface area contributed by atoms with E-state index >= 15 is 0 Å². The van der Waals surface area contributed by atoms with Crippen LogP contribution in [0.15, 0.2) is 12.7 Å². The molecule has 3 rings (SSSR count). The van der Waals surface area contributed by atoms with Crippen molar-refractivity contribution >= 4 is 48.3 Å². The Balaban J connectivity index is 1.68. The first-order valence-corrected chi connectivity index (χ1v) is 14.4. The molecule has 1 aliphatic heterocycles. The SMILES string of the molecule is C[C@H]1O[C@@H](n2cnc3c(N)ncnc32)CC1OP(=O)(O)OP(=O)(O)OP(=O)(O)OP(=O)(O)O. The molecule has 2 aromatic heterocycles. The zero-order valence-corrected chi connectivity index (χ0v) is 19.7. The lowest BCUT2D eigenvalue weighted by atomic mass is 10.2. The number of imidazole rings is 1. The number of hydrogen-bond acceptors (Lipinski definition) is 13. The van der Waals surface area contributed by atoms with Gasteiger partial charge in [-0.2, -0.15) is 12.9 Å². The van der Waals surface area contributed by atoms with Gasteiger partial charge in [-0.25, -0.2) is 33.2 Å². The molecule has 19 nitrogen and oxygen atoms in total. The van der Waals surface area contributed by atoms with E-state index < -0.39 is 49.7 Å². The first kappa shape index (κ1) is 26.5. The van der Waals surface area contributed by atoms with Gasteiger partial charge in [0.1, 0.15) is 18.1 Å². The lowest BCUT2D eigenvalue weighted by molar-refractivity contribution is -0.00651. The molecule has 186 valence electrons. The van der Waals surface area contributed by atoms with Crippen molar-refractivity contribution in [2.75, 3.05) is 5.73 Å². The highest BCUT2D eigenvalue weighted by molar-refractivity contribution is 7.69. The molecule has 6 atom stereocenters. The summed E-state index contributed by atoms with van der Waals surface area (Å²) in [6, 6.07) is 0. The number of phosphoric acid groups is 4. The smallest absolute Gasteiger partial charge is 0.382 e. The number of fused-ring (bicyclic) bond motifs is 1. The second-order valence-electron chi connectivity index (χ2n) is 6.40. The minimum Gasteiger partial charge on any atom is -0.382 e. The van der Waals surface area contributed by atoms with Crippen LogP contribution in [0.4, 0.5) is 5.82 Å². The number of aromatic nitrogens is 4. The molecule has 1 saturated heterocycles. The summed E-state index contributed by atoms with van der Waals surface area (Å²) in [6.45, 7) is 1.44. The van der Waals surface area contributed by atoms with Crippen LogP contribution in [0.2, 0.25) is 0 Å². The molecule has 0 bridgehead atoms. The minimum absolute atomic E-state index is 0.105. The van der Waals surface area contributed by atoms with Crippen LogP contribution in [-0.2, 0) is 40.5 Å². The number of nitrogens with two attached hydrogens (primary N) is 1. The number of nitrogens with zero attached hydrogens (tertiary/aromatic N) is 4. The Morgan fingerprint density at radius 2 is 1.61 bits per heavy atom. The molecule has 0 saturated carbocycles. The van der Waals surface area contributed by atoms with Gasteiger partial charge in [0, 0.05) is 6.42 Å². The van der Waals surface area contributed by atoms with E-state index in [0.717, 1.165) is 0 Å². The molecule has 23 heteroatoms. The third kappa shape index (κ3) is 6.94. The monoisotopic (exact) mass is 555 g/mol. The normalized spacial score (nSPS) is 27.2. The van der Waals surface area contributed by atoms with Crippen molar-refractivity contribution in [1.82, 2.24) is 19.5 Å². The Kier molecular flexibility index (Phi) is 7.34. The fourth-order valence-electron chi connectivity index (χ4n) is 2.79. The van der Waals surface area contributed by atoms with E-state index in [2.05, 4.69) is 27.9 Å². The molecular formula is C10H17N5O14P4. The molecule has 7 N–H and O–H groups in total. The van der Waals surface area contributed by atoms with E-state index in [9.17, 15) is 28.0 Å². The van der Waals surface area contributed by atoms with Crippen LogP contribution in [0.5, 0.6) is 0 Å². The maximum Gasteiger partial charge on any atom is 0.490 e. The van der Waals surface area contributed by atoms with E-state index in [-0.39, 0.29) is 17.8 Å². The van der Waals surface area contributed by atoms with Crippen LogP contribution in [0.3, 0.4) is 0 Å². The Bertz CT molecular complexity index is 1230. The number of nitrogen functional groups attached to an aromatic ring is 1. The van der Waals surface area contributed by atoms with Crippen molar-refractivity contribution in [3.05, 3.63) is 12.7 Å². The quantitative estimate of drug-likeness (QED) is 0.230. The zero-order chi connectivity index (χ0) is 24.8. The van der Waals surface area contributed by atoms with Crippen molar-refractivity contribution in [1.29, 1.82) is 0 Å². The van der Waals surface area contributed by atoms with Gasteiger partial charge in [0.15, 0.2) is 11.5 Å². The highest BCUT2D eigenvalue weighted by Crippen LogP contribution is 2.71. The zero-order valence-electron chi connectivity index (χ0n) is 16.2. The molecule has 4 unspecified atom stereocenters. The van der Waals surface area contributed by atoms with Gasteiger partial charge in [-0.3, -0.25) is 9.09 Å². The predicted molar refractivity (Wildman–Crippen MR) is 104 cm³/mol. The summed E-state index contributed by atoms with van der Waals surface area (Å²) >= 11 is 0. The van der Waals surface area contributed by atoms with Gasteiger partial charge in [-0.15, -0.1) is 0 Å². The largest absolute Gasteiger partial charge is 0.490 e. The van der Waals surface area contributed by atoms with E-state index in [1.165, 1.54) is 24.1 Å². The molecule has 0 aliphatic carbocycles. The fourth-order valence-corrected chi connectivity index (χ4v) is 7.48. The Labute approximate surface area is 183 Å². The summed E-state index contributed by atoms with van der Waals surface area (Å²) in [5.41, 5.74) is 6.28. The Morgan fingerprint density at radius 1 is 1.00 bits per heavy atom. The van der Waals surface area contributed by atoms with E-state index in [1.807, 2.05) is 0 Å². The van der Waals surface area contributed by atoms with Crippen molar-refractivity contribution in [3.8, 4) is 0 Å². The molecule has 0 amide bonds. The van der Waals surface area contributed by atoms with Crippen LogP contribution in [0, 0.1) is 0 Å². The molecule has 0 aromatic carbocycles. The number of ether oxygens (including phenoxy) is 1. The molecule has 1 aliphatic rings. The molecule has 0 radical (unpaired) electrons. The van der Waals surface area contributed by atoms with Crippen molar-refractivity contribution in [2.45, 2.75) is 31.8 Å². The standard InChI is InChI=1S/C10H17N5O14P4/c1-5-6(2-7(25-5)15-4-14-8-9(11)12-3-13-10(8)15)26-31(19,20)28-33(23,24)29-32(21,22)27-30(16,17)18/h3-7H,2H2,1H3,(H,19,20)(H,21,22)(H,23,24)(H2,11,12,13)(H2,16,17,18)/t5-,6?,7-/m1/s1. The maximum absolute atomic E-state index is 12.2. The van der Waals surface area contributed by atoms with Crippen molar-refractivity contribution in [3.63, 3.8) is 0 Å². The van der Waals surface area contributed by atoms with Gasteiger partial charge in [0.25, 0.3) is 0 Å². The van der Waals surface area contributed by atoms with Crippen LogP contribution in [-0.4, -0.2) is 56.2 Å². The van der Waals surface area contributed by atoms with E-state index in [1.54, 1.807) is 0 Å². The summed E-state index contributed by atoms with van der Waals surface area (Å²) in [5, 5.41) is 0. The minimum atomic E-state index is -5.91. The first-order valence-electron chi connectivity index (χ1n) is 8.42. The van der Waals surface area contributed by atoms with Gasteiger partial charge in [-0.1, -0.05) is 0 Å². The van der Waals surface area contributed by atoms with Crippen LogP contribution in [0.1, 0.15) is 19.6 Å². The second-order valence-corrected chi connectivity index (χ2v) is 12.4. The van der Waals surface area contributed by atoms with Crippen LogP contribution in [0.25, 0.3) is 11.2 Å². The number of anilines is 1. The number of rotatable bonds is 9. The van der Waals surface area contributed by atoms with Gasteiger partial charge in [0.2, 0.25) is 0 Å². The van der Waals surface area contributed by atoms with E-state index in [0.29, 0.717) is 5.65 Å². The lowest BCUT2D eigenvalue weighted by Crippen LogP contribution is -2.20. The Morgan fingerprint density at radius 3 is 2.24 bits per heavy atom. The highest BCUT2D eigenvalue weighted by Gasteiger charge is 2.47. The topological polar surface area (TPSA) is 285 Å². The summed E-state index contributed by atoms with van der Waals surface area (Å²) < 4.78 is 68.6. The third-order valence-corrected chi connectivity index (χ3v) is 9.43. The highest BCUT2D eigenvalue weighted by atomic mass is 31.3. The third-order valence-electron chi connectivity index (χ3n) is 3.92. The fraction of sp³-hybridized carbons (Fsp3) is 0.500. The van der Waals surface area contributed by atoms with Gasteiger partial charge >= 0.3 is 31.3 Å². The second kappa shape index (κ2) is 9.15. The van der Waals surface area contributed by atoms with Crippen LogP contribution < -0.4 is 5.73 Å². The average molecular weight is 555 g/mol. The molecule has 3 heterocycles. The molecule has 1 fully saturated rings. The first-order chi connectivity index (χ1) is 15.0. The molecule has 33 heavy (non-hydrogen) atoms. The Hall–Kier alpha value is -1.13. The molecule has 2 aromatic rings. The van der Waals surface area contributed by atoms with Crippen molar-refractivity contribution < 1.29 is 64.9 Å². The summed E-state index contributed by atoms with van der Waals surface area (Å²) in [5.74, 6) is 0.105. The number of hydrogen-bond donors (Lipinski definition) is 6. The van der Waals surface area contributed by atoms with Crippen molar-refractivity contribution in [2.24, 2.45) is 0 Å². The van der Waals surface area contributed by atoms with Gasteiger partial charge < -0.3 is 34.9 Å². The molecule has 0 spiro atoms. The maximum atomic E-state index is 12.2. The summed E-state index contributed by atoms with van der Waals surface area (Å²) in [6.07, 6.45) is -0.504. The predicted octanol–water partition coefficient (Wildman–Crippen LogP) is 0.545. The average Bonchev–Trinajstić information content (AvgIpc) is 3.14. The number of phosphoric ester groups is 1. The van der Waals surface area contributed by atoms with Crippen LogP contribution >= 0.6 is 31.3 Å². The van der Waals surface area contributed by atoms with Gasteiger partial charge in [-0.05, 0) is 6.92 Å². The van der Waals surface area contributed by atoms with Gasteiger partial charge in [0.05, 0.1) is 18.5 Å². The summed E-state index contributed by atoms with van der Waals surface area (Å²) in [4.78, 5) is 57.2. The summed E-state index contributed by atoms with van der Waals surface area (Å²) in [7, 11) is -22.9.